The van der Waals surface area contributed by atoms with Gasteiger partial charge in [0.25, 0.3) is 0 Å². The molecule has 2 heterocycles. The highest BCUT2D eigenvalue weighted by Gasteiger charge is 2.48. The number of allylic oxidation sites excluding steroid dienone is 4. The number of hydrogen-bond acceptors (Lipinski definition) is 3. The van der Waals surface area contributed by atoms with E-state index in [0.717, 1.165) is 23.9 Å². The van der Waals surface area contributed by atoms with Crippen LogP contribution >= 0.6 is 15.9 Å². The van der Waals surface area contributed by atoms with Gasteiger partial charge in [0.15, 0.2) is 0 Å². The molecular formula is C27H26BrNO2. The topological polar surface area (TPSA) is 29.5 Å². The first-order chi connectivity index (χ1) is 15.2. The summed E-state index contributed by atoms with van der Waals surface area (Å²) in [5.74, 6) is 1.60. The molecule has 2 aromatic carbocycles. The first-order valence-electron chi connectivity index (χ1n) is 11.4. The van der Waals surface area contributed by atoms with E-state index in [4.69, 9.17) is 4.74 Å². The molecule has 0 bridgehead atoms. The van der Waals surface area contributed by atoms with Crippen LogP contribution in [0.3, 0.4) is 0 Å². The van der Waals surface area contributed by atoms with Gasteiger partial charge in [-0.05, 0) is 72.6 Å². The van der Waals surface area contributed by atoms with Crippen molar-refractivity contribution in [3.8, 4) is 0 Å². The van der Waals surface area contributed by atoms with Crippen LogP contribution < -0.4 is 4.90 Å². The van der Waals surface area contributed by atoms with Crippen LogP contribution in [0.25, 0.3) is 0 Å². The first-order valence-corrected chi connectivity index (χ1v) is 12.2. The van der Waals surface area contributed by atoms with Crippen molar-refractivity contribution in [2.75, 3.05) is 18.1 Å². The number of carbonyl (C=O) groups is 1. The molecule has 0 amide bonds. The maximum absolute atomic E-state index is 12.7. The van der Waals surface area contributed by atoms with Gasteiger partial charge in [0.2, 0.25) is 0 Å². The van der Waals surface area contributed by atoms with Crippen LogP contribution in [0, 0.1) is 11.8 Å². The number of anilines is 1. The van der Waals surface area contributed by atoms with Gasteiger partial charge in [0.1, 0.15) is 0 Å². The largest absolute Gasteiger partial charge is 0.462 e. The average Bonchev–Trinajstić information content (AvgIpc) is 3.44. The smallest absolute Gasteiger partial charge is 0.338 e. The third kappa shape index (κ3) is 2.95. The summed E-state index contributed by atoms with van der Waals surface area (Å²) in [5, 5.41) is 0. The molecule has 0 spiro atoms. The Morgan fingerprint density at radius 3 is 2.55 bits per heavy atom. The van der Waals surface area contributed by atoms with E-state index in [-0.39, 0.29) is 5.97 Å². The van der Waals surface area contributed by atoms with Crippen molar-refractivity contribution >= 4 is 27.6 Å². The van der Waals surface area contributed by atoms with Crippen LogP contribution in [-0.2, 0) is 4.74 Å². The Morgan fingerprint density at radius 1 is 1.06 bits per heavy atom. The summed E-state index contributed by atoms with van der Waals surface area (Å²) in [6.07, 6.45) is 11.6. The van der Waals surface area contributed by atoms with E-state index in [1.807, 2.05) is 6.92 Å². The molecule has 31 heavy (non-hydrogen) atoms. The van der Waals surface area contributed by atoms with Crippen LogP contribution in [-0.4, -0.2) is 19.1 Å². The van der Waals surface area contributed by atoms with Crippen molar-refractivity contribution in [3.05, 3.63) is 87.4 Å². The second kappa shape index (κ2) is 7.37. The highest BCUT2D eigenvalue weighted by molar-refractivity contribution is 9.10. The maximum Gasteiger partial charge on any atom is 0.338 e. The molecule has 158 valence electrons. The van der Waals surface area contributed by atoms with Crippen LogP contribution in [0.5, 0.6) is 0 Å². The summed E-state index contributed by atoms with van der Waals surface area (Å²) >= 11 is 3.60. The second-order valence-corrected chi connectivity index (χ2v) is 10.1. The molecule has 0 unspecified atom stereocenters. The van der Waals surface area contributed by atoms with Gasteiger partial charge >= 0.3 is 5.97 Å². The Labute approximate surface area is 191 Å². The van der Waals surface area contributed by atoms with Gasteiger partial charge in [0.05, 0.1) is 18.2 Å². The minimum absolute atomic E-state index is 0.203. The number of hydrogen-bond donors (Lipinski definition) is 0. The molecule has 0 saturated carbocycles. The van der Waals surface area contributed by atoms with Crippen LogP contribution in [0.15, 0.2) is 65.2 Å². The van der Waals surface area contributed by atoms with Crippen molar-refractivity contribution in [3.63, 3.8) is 0 Å². The molecule has 3 nitrogen and oxygen atoms in total. The van der Waals surface area contributed by atoms with E-state index in [9.17, 15) is 4.79 Å². The molecule has 6 rings (SSSR count). The maximum atomic E-state index is 12.7. The number of nitrogens with zero attached hydrogens (tertiary/aromatic N) is 1. The fraction of sp³-hybridized carbons (Fsp3) is 0.370. The summed E-state index contributed by atoms with van der Waals surface area (Å²) < 4.78 is 6.51. The third-order valence-corrected chi connectivity index (χ3v) is 8.10. The van der Waals surface area contributed by atoms with Crippen LogP contribution in [0.4, 0.5) is 5.69 Å². The normalized spacial score (nSPS) is 29.5. The number of rotatable bonds is 3. The average molecular weight is 476 g/mol. The molecule has 0 aromatic heterocycles. The zero-order valence-electron chi connectivity index (χ0n) is 17.6. The molecule has 4 heteroatoms. The van der Waals surface area contributed by atoms with E-state index in [0.29, 0.717) is 41.9 Å². The lowest BCUT2D eigenvalue weighted by Gasteiger charge is -2.51. The van der Waals surface area contributed by atoms with Crippen molar-refractivity contribution < 1.29 is 9.53 Å². The lowest BCUT2D eigenvalue weighted by Crippen LogP contribution is -2.46. The highest BCUT2D eigenvalue weighted by atomic mass is 79.9. The standard InChI is InChI=1S/C27H26BrNO2/c1-2-31-27(30)18-13-23-20-6-3-5-17(20)15-29-25(16-9-11-19(28)12-10-16)22-8-4-7-21(22)24(14-18)26(23)29/h3-4,6-7,9-14,17,20-22,25H,2,5,8,15H2,1H3/t17-,20+,21-,22+,25+/m1/s1. The molecule has 2 aliphatic heterocycles. The SMILES string of the molecule is CCOC(=O)c1cc2c3c(c1)[C@@H]1C=CC[C@@H]1[C@H](c1ccc(Br)cc1)N3C[C@H]1CC=C[C@H]21. The molecule has 2 aliphatic carbocycles. The first kappa shape index (κ1) is 19.4. The minimum atomic E-state index is -0.203. The van der Waals surface area contributed by atoms with E-state index in [1.165, 1.54) is 22.4 Å². The molecule has 2 aromatic rings. The zero-order chi connectivity index (χ0) is 21.1. The summed E-state index contributed by atoms with van der Waals surface area (Å²) in [6, 6.07) is 13.5. The van der Waals surface area contributed by atoms with Gasteiger partial charge in [-0.15, -0.1) is 0 Å². The number of fused-ring (bicyclic) bond motifs is 4. The summed E-state index contributed by atoms with van der Waals surface area (Å²) in [7, 11) is 0. The van der Waals surface area contributed by atoms with Gasteiger partial charge < -0.3 is 9.64 Å². The number of carbonyl (C=O) groups excluding carboxylic acids is 1. The Balaban J connectivity index is 1.56. The zero-order valence-corrected chi connectivity index (χ0v) is 19.2. The molecule has 0 saturated heterocycles. The number of ether oxygens (including phenoxy) is 1. The predicted octanol–water partition coefficient (Wildman–Crippen LogP) is 6.52. The number of benzene rings is 2. The summed E-state index contributed by atoms with van der Waals surface area (Å²) in [6.45, 7) is 3.34. The molecule has 0 fully saturated rings. The quantitative estimate of drug-likeness (QED) is 0.373. The number of halogens is 1. The van der Waals surface area contributed by atoms with E-state index in [1.54, 1.807) is 0 Å². The molecule has 4 aliphatic rings. The third-order valence-electron chi connectivity index (χ3n) is 7.57. The Hall–Kier alpha value is -2.33. The lowest BCUT2D eigenvalue weighted by molar-refractivity contribution is 0.0526. The second-order valence-electron chi connectivity index (χ2n) is 9.18. The fourth-order valence-corrected chi connectivity index (χ4v) is 6.61. The van der Waals surface area contributed by atoms with Gasteiger partial charge in [-0.2, -0.15) is 0 Å². The molecular weight excluding hydrogens is 450 g/mol. The molecule has 5 atom stereocenters. The van der Waals surface area contributed by atoms with E-state index >= 15 is 0 Å². The van der Waals surface area contributed by atoms with Crippen molar-refractivity contribution in [1.29, 1.82) is 0 Å². The summed E-state index contributed by atoms with van der Waals surface area (Å²) in [4.78, 5) is 15.4. The Kier molecular flexibility index (Phi) is 4.60. The van der Waals surface area contributed by atoms with Crippen LogP contribution in [0.1, 0.15) is 64.7 Å². The molecule has 0 radical (unpaired) electrons. The minimum Gasteiger partial charge on any atom is -0.462 e. The van der Waals surface area contributed by atoms with Crippen LogP contribution in [0.2, 0.25) is 0 Å². The monoisotopic (exact) mass is 475 g/mol. The Morgan fingerprint density at radius 2 is 1.77 bits per heavy atom. The van der Waals surface area contributed by atoms with Gasteiger partial charge in [-0.3, -0.25) is 0 Å². The lowest BCUT2D eigenvalue weighted by atomic mass is 9.70. The van der Waals surface area contributed by atoms with Crippen molar-refractivity contribution in [1.82, 2.24) is 0 Å². The van der Waals surface area contributed by atoms with Gasteiger partial charge in [0, 0.05) is 28.5 Å². The van der Waals surface area contributed by atoms with Gasteiger partial charge in [-0.1, -0.05) is 52.4 Å². The predicted molar refractivity (Wildman–Crippen MR) is 127 cm³/mol. The fourth-order valence-electron chi connectivity index (χ4n) is 6.35. The van der Waals surface area contributed by atoms with Crippen molar-refractivity contribution in [2.45, 2.75) is 37.6 Å². The Bertz CT molecular complexity index is 1090. The van der Waals surface area contributed by atoms with E-state index < -0.39 is 0 Å². The van der Waals surface area contributed by atoms with Crippen molar-refractivity contribution in [2.24, 2.45) is 11.8 Å². The van der Waals surface area contributed by atoms with Gasteiger partial charge in [-0.25, -0.2) is 4.79 Å². The highest BCUT2D eigenvalue weighted by Crippen LogP contribution is 2.59. The van der Waals surface area contributed by atoms with E-state index in [2.05, 4.69) is 81.5 Å². The molecule has 0 N–H and O–H groups in total. The number of esters is 1. The summed E-state index contributed by atoms with van der Waals surface area (Å²) in [5.41, 5.74) is 6.08.